The molecule has 0 saturated carbocycles. The highest BCUT2D eigenvalue weighted by Gasteiger charge is 2.26. The van der Waals surface area contributed by atoms with Crippen LogP contribution in [0.2, 0.25) is 0 Å². The number of aromatic nitrogens is 3. The molecule has 0 N–H and O–H groups in total. The third-order valence-electron chi connectivity index (χ3n) is 4.04. The van der Waals surface area contributed by atoms with E-state index in [9.17, 15) is 13.0 Å². The first-order chi connectivity index (χ1) is 12.7. The van der Waals surface area contributed by atoms with Crippen LogP contribution in [0.4, 0.5) is 13.9 Å². The van der Waals surface area contributed by atoms with Crippen molar-refractivity contribution in [3.63, 3.8) is 0 Å². The highest BCUT2D eigenvalue weighted by Crippen LogP contribution is 2.31. The molecule has 3 rings (SSSR count). The molecule has 0 aliphatic carbocycles. The summed E-state index contributed by atoms with van der Waals surface area (Å²) < 4.78 is 44.0. The lowest BCUT2D eigenvalue weighted by atomic mass is 10.1. The zero-order valence-electron chi connectivity index (χ0n) is 15.0. The number of hydrogen-bond donors (Lipinski definition) is 0. The Labute approximate surface area is 160 Å². The molecule has 9 heteroatoms. The second-order valence-electron chi connectivity index (χ2n) is 6.19. The molecule has 3 aromatic heterocycles. The molecule has 0 bridgehead atoms. The Morgan fingerprint density at radius 3 is 2.56 bits per heavy atom. The minimum Gasteiger partial charge on any atom is -0.255 e. The van der Waals surface area contributed by atoms with E-state index in [1.165, 1.54) is 35.9 Å². The zero-order chi connectivity index (χ0) is 19.7. The summed E-state index contributed by atoms with van der Waals surface area (Å²) in [5, 5.41) is 1.70. The van der Waals surface area contributed by atoms with Gasteiger partial charge in [0.2, 0.25) is 5.13 Å². The average Bonchev–Trinajstić information content (AvgIpc) is 3.09. The van der Waals surface area contributed by atoms with E-state index in [-0.39, 0.29) is 5.69 Å². The highest BCUT2D eigenvalue weighted by atomic mass is 32.2. The molecule has 0 aromatic carbocycles. The predicted octanol–water partition coefficient (Wildman–Crippen LogP) is 5.20. The van der Waals surface area contributed by atoms with Crippen LogP contribution in [0, 0.1) is 0 Å². The molecule has 0 spiro atoms. The molecule has 5 nitrogen and oxygen atoms in total. The Bertz CT molecular complexity index is 1040. The van der Waals surface area contributed by atoms with Gasteiger partial charge in [-0.05, 0) is 30.7 Å². The van der Waals surface area contributed by atoms with Gasteiger partial charge in [-0.2, -0.15) is 13.1 Å². The first-order valence-electron chi connectivity index (χ1n) is 8.09. The summed E-state index contributed by atoms with van der Waals surface area (Å²) in [5.41, 5.74) is 1.64. The molecule has 3 aromatic rings. The zero-order valence-corrected chi connectivity index (χ0v) is 16.6. The van der Waals surface area contributed by atoms with Gasteiger partial charge in [0, 0.05) is 31.0 Å². The Balaban J connectivity index is 1.87. The molecule has 0 amide bonds. The number of nitrogens with zero attached hydrogens (tertiary/aromatic N) is 4. The van der Waals surface area contributed by atoms with Crippen molar-refractivity contribution in [2.45, 2.75) is 25.0 Å². The SMILES string of the molecule is CC(c1ccc(C(C)(F)F)nc1)S(C)(=O)=Nc1nc(-c2ccccn2)cs1. The van der Waals surface area contributed by atoms with Gasteiger partial charge < -0.3 is 0 Å². The third kappa shape index (κ3) is 4.54. The molecule has 0 fully saturated rings. The van der Waals surface area contributed by atoms with Crippen molar-refractivity contribution in [1.82, 2.24) is 15.0 Å². The van der Waals surface area contributed by atoms with Gasteiger partial charge >= 0.3 is 0 Å². The van der Waals surface area contributed by atoms with Crippen LogP contribution in [-0.4, -0.2) is 25.4 Å². The Morgan fingerprint density at radius 1 is 1.19 bits per heavy atom. The lowest BCUT2D eigenvalue weighted by molar-refractivity contribution is 0.0127. The summed E-state index contributed by atoms with van der Waals surface area (Å²) in [6.07, 6.45) is 4.53. The van der Waals surface area contributed by atoms with Crippen molar-refractivity contribution < 1.29 is 13.0 Å². The monoisotopic (exact) mass is 408 g/mol. The molecule has 2 atom stereocenters. The third-order valence-corrected chi connectivity index (χ3v) is 7.01. The van der Waals surface area contributed by atoms with Gasteiger partial charge in [0.1, 0.15) is 11.4 Å². The maximum Gasteiger partial charge on any atom is 0.286 e. The maximum absolute atomic E-state index is 13.3. The van der Waals surface area contributed by atoms with Crippen LogP contribution in [0.5, 0.6) is 0 Å². The van der Waals surface area contributed by atoms with E-state index >= 15 is 0 Å². The van der Waals surface area contributed by atoms with E-state index in [1.807, 2.05) is 18.2 Å². The van der Waals surface area contributed by atoms with Crippen molar-refractivity contribution in [2.75, 3.05) is 6.26 Å². The number of rotatable bonds is 5. The van der Waals surface area contributed by atoms with Gasteiger partial charge in [-0.25, -0.2) is 9.19 Å². The molecular formula is C18H18F2N4OS2. The summed E-state index contributed by atoms with van der Waals surface area (Å²) in [4.78, 5) is 12.4. The van der Waals surface area contributed by atoms with Crippen LogP contribution >= 0.6 is 11.3 Å². The van der Waals surface area contributed by atoms with Crippen LogP contribution in [0.15, 0.2) is 52.5 Å². The van der Waals surface area contributed by atoms with Gasteiger partial charge in [0.05, 0.1) is 20.7 Å². The highest BCUT2D eigenvalue weighted by molar-refractivity contribution is 7.93. The van der Waals surface area contributed by atoms with Gasteiger partial charge in [-0.1, -0.05) is 12.1 Å². The second kappa shape index (κ2) is 7.40. The lowest BCUT2D eigenvalue weighted by Crippen LogP contribution is -2.12. The van der Waals surface area contributed by atoms with Crippen LogP contribution in [0.25, 0.3) is 11.4 Å². The molecule has 142 valence electrons. The predicted molar refractivity (Wildman–Crippen MR) is 104 cm³/mol. The van der Waals surface area contributed by atoms with E-state index in [0.717, 1.165) is 6.92 Å². The molecule has 0 aliphatic rings. The fraction of sp³-hybridized carbons (Fsp3) is 0.278. The maximum atomic E-state index is 13.3. The summed E-state index contributed by atoms with van der Waals surface area (Å²) >= 11 is 1.28. The Morgan fingerprint density at radius 2 is 1.96 bits per heavy atom. The van der Waals surface area contributed by atoms with Gasteiger partial charge in [-0.15, -0.1) is 11.3 Å². The fourth-order valence-corrected chi connectivity index (χ4v) is 4.64. The quantitative estimate of drug-likeness (QED) is 0.582. The molecule has 0 radical (unpaired) electrons. The normalized spacial score (nSPS) is 15.1. The van der Waals surface area contributed by atoms with Crippen molar-refractivity contribution in [3.05, 3.63) is 59.4 Å². The van der Waals surface area contributed by atoms with Gasteiger partial charge in [0.15, 0.2) is 0 Å². The summed E-state index contributed by atoms with van der Waals surface area (Å²) in [6.45, 7) is 2.53. The van der Waals surface area contributed by atoms with Crippen LogP contribution < -0.4 is 0 Å². The largest absolute Gasteiger partial charge is 0.286 e. The van der Waals surface area contributed by atoms with E-state index in [4.69, 9.17) is 0 Å². The van der Waals surface area contributed by atoms with Gasteiger partial charge in [0.25, 0.3) is 5.92 Å². The molecule has 3 heterocycles. The second-order valence-corrected chi connectivity index (χ2v) is 9.64. The summed E-state index contributed by atoms with van der Waals surface area (Å²) in [5.74, 6) is -3.01. The van der Waals surface area contributed by atoms with E-state index in [0.29, 0.717) is 22.1 Å². The van der Waals surface area contributed by atoms with E-state index in [2.05, 4.69) is 19.3 Å². The number of thiazole rings is 1. The minimum absolute atomic E-state index is 0.321. The number of hydrogen-bond acceptors (Lipinski definition) is 6. The van der Waals surface area contributed by atoms with Crippen molar-refractivity contribution in [1.29, 1.82) is 0 Å². The standard InChI is InChI=1S/C18H18F2N4OS2/c1-12(13-7-8-16(22-10-13)18(2,19)20)27(3,25)24-17-23-15(11-26-17)14-6-4-5-9-21-14/h4-12H,1-3H3. The number of halogens is 2. The molecule has 2 unspecified atom stereocenters. The summed E-state index contributed by atoms with van der Waals surface area (Å²) in [6, 6.07) is 8.28. The van der Waals surface area contributed by atoms with Crippen molar-refractivity contribution in [2.24, 2.45) is 4.36 Å². The van der Waals surface area contributed by atoms with Crippen molar-refractivity contribution in [3.8, 4) is 11.4 Å². The van der Waals surface area contributed by atoms with Gasteiger partial charge in [-0.3, -0.25) is 9.97 Å². The van der Waals surface area contributed by atoms with Crippen molar-refractivity contribution >= 4 is 26.2 Å². The Hall–Kier alpha value is -2.26. The molecule has 0 aliphatic heterocycles. The number of alkyl halides is 2. The van der Waals surface area contributed by atoms with Crippen LogP contribution in [-0.2, 0) is 15.7 Å². The lowest BCUT2D eigenvalue weighted by Gasteiger charge is -2.15. The van der Waals surface area contributed by atoms with Crippen LogP contribution in [0.1, 0.15) is 30.4 Å². The average molecular weight is 408 g/mol. The van der Waals surface area contributed by atoms with E-state index in [1.54, 1.807) is 18.5 Å². The Kier molecular flexibility index (Phi) is 5.34. The first kappa shape index (κ1) is 19.5. The number of pyridine rings is 2. The fourth-order valence-electron chi connectivity index (χ4n) is 2.33. The van der Waals surface area contributed by atoms with Crippen LogP contribution in [0.3, 0.4) is 0 Å². The smallest absolute Gasteiger partial charge is 0.255 e. The molecular weight excluding hydrogens is 390 g/mol. The van der Waals surface area contributed by atoms with E-state index < -0.39 is 20.9 Å². The molecule has 0 saturated heterocycles. The summed E-state index contributed by atoms with van der Waals surface area (Å²) in [7, 11) is -2.71. The molecule has 27 heavy (non-hydrogen) atoms. The topological polar surface area (TPSA) is 68.1 Å². The minimum atomic E-state index is -3.01. The first-order valence-corrected chi connectivity index (χ1v) is 11.0.